The minimum atomic E-state index is -0.334. The van der Waals surface area contributed by atoms with Crippen molar-refractivity contribution in [3.05, 3.63) is 23.8 Å². The summed E-state index contributed by atoms with van der Waals surface area (Å²) in [4.78, 5) is 0. The lowest BCUT2D eigenvalue weighted by Gasteiger charge is -2.04. The number of hydrogen-bond donors (Lipinski definition) is 2. The number of rotatable bonds is 4. The van der Waals surface area contributed by atoms with Gasteiger partial charge in [-0.3, -0.25) is 4.39 Å². The molecule has 0 atom stereocenters. The molecule has 0 amide bonds. The van der Waals surface area contributed by atoms with E-state index in [-0.39, 0.29) is 18.2 Å². The van der Waals surface area contributed by atoms with E-state index in [1.807, 2.05) is 0 Å². The van der Waals surface area contributed by atoms with Crippen LogP contribution in [0, 0.1) is 0 Å². The van der Waals surface area contributed by atoms with Crippen LogP contribution in [-0.4, -0.2) is 16.9 Å². The summed E-state index contributed by atoms with van der Waals surface area (Å²) < 4.78 is 11.8. The molecule has 2 N–H and O–H groups in total. The van der Waals surface area contributed by atoms with Crippen LogP contribution in [0.4, 0.5) is 4.39 Å². The number of para-hydroxylation sites is 1. The van der Waals surface area contributed by atoms with E-state index in [9.17, 15) is 9.50 Å². The molecule has 2 nitrogen and oxygen atoms in total. The Morgan fingerprint density at radius 1 is 1.15 bits per heavy atom. The van der Waals surface area contributed by atoms with Crippen LogP contribution < -0.4 is 0 Å². The van der Waals surface area contributed by atoms with Crippen molar-refractivity contribution in [1.82, 2.24) is 0 Å². The van der Waals surface area contributed by atoms with Gasteiger partial charge < -0.3 is 10.2 Å². The number of phenols is 2. The Labute approximate surface area is 76.6 Å². The van der Waals surface area contributed by atoms with Crippen molar-refractivity contribution in [2.24, 2.45) is 0 Å². The largest absolute Gasteiger partial charge is 0.504 e. The van der Waals surface area contributed by atoms with Crippen LogP contribution >= 0.6 is 0 Å². The van der Waals surface area contributed by atoms with Gasteiger partial charge in [-0.2, -0.15) is 0 Å². The number of unbranched alkanes of at least 4 members (excludes halogenated alkanes) is 1. The summed E-state index contributed by atoms with van der Waals surface area (Å²) >= 11 is 0. The Hall–Kier alpha value is -1.25. The lowest BCUT2D eigenvalue weighted by atomic mass is 10.1. The van der Waals surface area contributed by atoms with Crippen molar-refractivity contribution in [2.45, 2.75) is 19.3 Å². The number of benzene rings is 1. The van der Waals surface area contributed by atoms with Crippen LogP contribution in [0.1, 0.15) is 18.4 Å². The molecule has 0 unspecified atom stereocenters. The molecular formula is C10H13FO2. The average Bonchev–Trinajstić information content (AvgIpc) is 2.13. The maximum absolute atomic E-state index is 11.8. The molecule has 13 heavy (non-hydrogen) atoms. The summed E-state index contributed by atoms with van der Waals surface area (Å²) in [5.74, 6) is -0.195. The van der Waals surface area contributed by atoms with E-state index in [0.29, 0.717) is 24.8 Å². The minimum absolute atomic E-state index is 0.0821. The summed E-state index contributed by atoms with van der Waals surface area (Å²) in [5.41, 5.74) is 0.674. The standard InChI is InChI=1S/C10H13FO2/c11-7-2-1-4-8-5-3-6-9(12)10(8)13/h3,5-6,12-13H,1-2,4,7H2. The molecule has 0 bridgehead atoms. The van der Waals surface area contributed by atoms with Gasteiger partial charge in [-0.25, -0.2) is 0 Å². The predicted molar refractivity (Wildman–Crippen MR) is 48.7 cm³/mol. The van der Waals surface area contributed by atoms with E-state index < -0.39 is 0 Å². The molecule has 3 heteroatoms. The highest BCUT2D eigenvalue weighted by molar-refractivity contribution is 5.44. The fourth-order valence-electron chi connectivity index (χ4n) is 1.19. The second kappa shape index (κ2) is 4.70. The van der Waals surface area contributed by atoms with E-state index in [0.717, 1.165) is 0 Å². The lowest BCUT2D eigenvalue weighted by Crippen LogP contribution is -1.87. The van der Waals surface area contributed by atoms with Gasteiger partial charge in [0.1, 0.15) is 0 Å². The van der Waals surface area contributed by atoms with Crippen molar-refractivity contribution < 1.29 is 14.6 Å². The van der Waals surface area contributed by atoms with Gasteiger partial charge in [0.05, 0.1) is 6.67 Å². The minimum Gasteiger partial charge on any atom is -0.504 e. The molecule has 1 rings (SSSR count). The van der Waals surface area contributed by atoms with E-state index in [2.05, 4.69) is 0 Å². The summed E-state index contributed by atoms with van der Waals surface area (Å²) in [7, 11) is 0. The number of alkyl halides is 1. The zero-order valence-electron chi connectivity index (χ0n) is 7.33. The monoisotopic (exact) mass is 184 g/mol. The smallest absolute Gasteiger partial charge is 0.160 e. The Bertz CT molecular complexity index is 274. The molecule has 0 fully saturated rings. The molecule has 72 valence electrons. The Balaban J connectivity index is 2.61. The van der Waals surface area contributed by atoms with Crippen molar-refractivity contribution in [2.75, 3.05) is 6.67 Å². The number of halogens is 1. The zero-order chi connectivity index (χ0) is 9.68. The fourth-order valence-corrected chi connectivity index (χ4v) is 1.19. The number of aryl methyl sites for hydroxylation is 1. The van der Waals surface area contributed by atoms with E-state index >= 15 is 0 Å². The summed E-state index contributed by atoms with van der Waals surface area (Å²) in [6.45, 7) is -0.334. The van der Waals surface area contributed by atoms with Gasteiger partial charge in [-0.15, -0.1) is 0 Å². The lowest BCUT2D eigenvalue weighted by molar-refractivity contribution is 0.397. The predicted octanol–water partition coefficient (Wildman–Crippen LogP) is 2.39. The fraction of sp³-hybridized carbons (Fsp3) is 0.400. The first-order chi connectivity index (χ1) is 6.25. The van der Waals surface area contributed by atoms with Crippen molar-refractivity contribution >= 4 is 0 Å². The number of phenolic OH excluding ortho intramolecular Hbond substituents is 2. The Morgan fingerprint density at radius 2 is 1.92 bits per heavy atom. The van der Waals surface area contributed by atoms with Gasteiger partial charge >= 0.3 is 0 Å². The molecule has 0 heterocycles. The molecule has 0 radical (unpaired) electrons. The SMILES string of the molecule is Oc1cccc(CCCCF)c1O. The first-order valence-electron chi connectivity index (χ1n) is 4.31. The summed E-state index contributed by atoms with van der Waals surface area (Å²) in [6, 6.07) is 4.82. The van der Waals surface area contributed by atoms with Crippen LogP contribution in [0.2, 0.25) is 0 Å². The third-order valence-electron chi connectivity index (χ3n) is 1.93. The second-order valence-corrected chi connectivity index (χ2v) is 2.93. The van der Waals surface area contributed by atoms with Gasteiger partial charge in [-0.1, -0.05) is 12.1 Å². The highest BCUT2D eigenvalue weighted by Gasteiger charge is 2.04. The molecular weight excluding hydrogens is 171 g/mol. The van der Waals surface area contributed by atoms with Gasteiger partial charge in [0.25, 0.3) is 0 Å². The Kier molecular flexibility index (Phi) is 3.55. The van der Waals surface area contributed by atoms with Crippen LogP contribution in [0.25, 0.3) is 0 Å². The molecule has 1 aromatic carbocycles. The highest BCUT2D eigenvalue weighted by atomic mass is 19.1. The highest BCUT2D eigenvalue weighted by Crippen LogP contribution is 2.29. The van der Waals surface area contributed by atoms with Crippen LogP contribution in [0.3, 0.4) is 0 Å². The van der Waals surface area contributed by atoms with Crippen molar-refractivity contribution in [3.63, 3.8) is 0 Å². The first-order valence-corrected chi connectivity index (χ1v) is 4.31. The third-order valence-corrected chi connectivity index (χ3v) is 1.93. The Morgan fingerprint density at radius 3 is 2.62 bits per heavy atom. The van der Waals surface area contributed by atoms with E-state index in [1.165, 1.54) is 6.07 Å². The molecule has 0 saturated carbocycles. The molecule has 0 aliphatic carbocycles. The number of aromatic hydroxyl groups is 2. The maximum atomic E-state index is 11.8. The third kappa shape index (κ3) is 2.61. The average molecular weight is 184 g/mol. The van der Waals surface area contributed by atoms with Crippen LogP contribution in [-0.2, 0) is 6.42 Å². The van der Waals surface area contributed by atoms with Gasteiger partial charge in [0.15, 0.2) is 11.5 Å². The van der Waals surface area contributed by atoms with Gasteiger partial charge in [0.2, 0.25) is 0 Å². The first kappa shape index (κ1) is 9.84. The van der Waals surface area contributed by atoms with Crippen LogP contribution in [0.5, 0.6) is 11.5 Å². The molecule has 0 spiro atoms. The zero-order valence-corrected chi connectivity index (χ0v) is 7.33. The van der Waals surface area contributed by atoms with Crippen molar-refractivity contribution in [3.8, 4) is 11.5 Å². The van der Waals surface area contributed by atoms with Crippen LogP contribution in [0.15, 0.2) is 18.2 Å². The normalized spacial score (nSPS) is 10.2. The van der Waals surface area contributed by atoms with Crippen molar-refractivity contribution in [1.29, 1.82) is 0 Å². The summed E-state index contributed by atoms with van der Waals surface area (Å²) in [5, 5.41) is 18.5. The van der Waals surface area contributed by atoms with E-state index in [1.54, 1.807) is 12.1 Å². The molecule has 0 saturated heterocycles. The topological polar surface area (TPSA) is 40.5 Å². The molecule has 0 aliphatic heterocycles. The second-order valence-electron chi connectivity index (χ2n) is 2.93. The maximum Gasteiger partial charge on any atom is 0.160 e. The number of hydrogen-bond acceptors (Lipinski definition) is 2. The molecule has 0 aromatic heterocycles. The molecule has 1 aromatic rings. The quantitative estimate of drug-likeness (QED) is 0.557. The molecule has 0 aliphatic rings. The van der Waals surface area contributed by atoms with E-state index in [4.69, 9.17) is 5.11 Å². The summed E-state index contributed by atoms with van der Waals surface area (Å²) in [6.07, 6.45) is 1.78. The van der Waals surface area contributed by atoms with Gasteiger partial charge in [0, 0.05) is 0 Å². The van der Waals surface area contributed by atoms with Gasteiger partial charge in [-0.05, 0) is 30.9 Å².